The van der Waals surface area contributed by atoms with Gasteiger partial charge in [-0.1, -0.05) is 77.0 Å². The van der Waals surface area contributed by atoms with Gasteiger partial charge in [-0.2, -0.15) is 0 Å². The normalized spacial score (nSPS) is 10.6. The Morgan fingerprint density at radius 1 is 0.846 bits per heavy atom. The summed E-state index contributed by atoms with van der Waals surface area (Å²) in [4.78, 5) is 0. The van der Waals surface area contributed by atoms with Crippen molar-refractivity contribution in [2.45, 2.75) is 59.8 Å². The van der Waals surface area contributed by atoms with Crippen LogP contribution >= 0.6 is 0 Å². The Balaban J connectivity index is 0.000000552. The monoisotopic (exact) mass is 347 g/mol. The average Bonchev–Trinajstić information content (AvgIpc) is 2.91. The van der Waals surface area contributed by atoms with Gasteiger partial charge in [-0.15, -0.1) is 0 Å². The number of unbranched alkanes of at least 4 members (excludes halogenated alkanes) is 2. The third-order valence-electron chi connectivity index (χ3n) is 4.85. The molecule has 0 atom stereocenters. The maximum Gasteiger partial charge on any atom is 0.0540 e. The fourth-order valence-electron chi connectivity index (χ4n) is 3.01. The summed E-state index contributed by atoms with van der Waals surface area (Å²) in [6.45, 7) is 17.1. The minimum Gasteiger partial charge on any atom is -0.310 e. The van der Waals surface area contributed by atoms with E-state index in [2.05, 4.69) is 87.9 Å². The van der Waals surface area contributed by atoms with Crippen molar-refractivity contribution in [3.63, 3.8) is 0 Å². The first kappa shape index (κ1) is 20.0. The number of nitrogens with zero attached hydrogens (tertiary/aromatic N) is 1. The van der Waals surface area contributed by atoms with Gasteiger partial charge in [-0.3, -0.25) is 0 Å². The highest BCUT2D eigenvalue weighted by Crippen LogP contribution is 2.17. The fraction of sp³-hybridized carbons (Fsp3) is 0.360. The van der Waals surface area contributed by atoms with Gasteiger partial charge in [-0.25, -0.2) is 0 Å². The Labute approximate surface area is 158 Å². The molecule has 0 fully saturated rings. The van der Waals surface area contributed by atoms with Gasteiger partial charge >= 0.3 is 0 Å². The van der Waals surface area contributed by atoms with Gasteiger partial charge in [0.2, 0.25) is 0 Å². The van der Waals surface area contributed by atoms with Gasteiger partial charge in [0.1, 0.15) is 0 Å². The summed E-state index contributed by atoms with van der Waals surface area (Å²) in [6, 6.07) is 15.3. The van der Waals surface area contributed by atoms with Crippen molar-refractivity contribution in [3.05, 3.63) is 64.2 Å². The van der Waals surface area contributed by atoms with Crippen LogP contribution in [0.25, 0.3) is 29.7 Å². The van der Waals surface area contributed by atoms with Crippen LogP contribution in [0.3, 0.4) is 0 Å². The molecule has 1 heteroatoms. The predicted octanol–water partition coefficient (Wildman–Crippen LogP) is 5.91. The van der Waals surface area contributed by atoms with Crippen LogP contribution in [-0.4, -0.2) is 4.57 Å². The molecule has 3 aromatic rings. The molecule has 1 heterocycles. The zero-order valence-electron chi connectivity index (χ0n) is 16.9. The van der Waals surface area contributed by atoms with Crippen molar-refractivity contribution in [3.8, 4) is 5.69 Å². The lowest BCUT2D eigenvalue weighted by Crippen LogP contribution is -2.25. The molecule has 0 spiro atoms. The molecule has 0 aliphatic rings. The fourth-order valence-corrected chi connectivity index (χ4v) is 3.01. The van der Waals surface area contributed by atoms with E-state index >= 15 is 0 Å². The molecule has 0 aliphatic carbocycles. The van der Waals surface area contributed by atoms with Gasteiger partial charge in [-0.05, 0) is 49.6 Å². The summed E-state index contributed by atoms with van der Waals surface area (Å²) in [7, 11) is 0. The maximum absolute atomic E-state index is 4.24. The lowest BCUT2D eigenvalue weighted by molar-refractivity contribution is 0.795. The third kappa shape index (κ3) is 4.46. The van der Waals surface area contributed by atoms with E-state index in [-0.39, 0.29) is 0 Å². The molecule has 0 saturated heterocycles. The van der Waals surface area contributed by atoms with E-state index in [9.17, 15) is 0 Å². The SMILES string of the molecule is C=c1c(=C)n(-c2ccc(CCCC)cc2)c2ccc(C)cc12.CCCC. The summed E-state index contributed by atoms with van der Waals surface area (Å²) < 4.78 is 2.21. The van der Waals surface area contributed by atoms with E-state index in [4.69, 9.17) is 0 Å². The zero-order valence-corrected chi connectivity index (χ0v) is 16.9. The van der Waals surface area contributed by atoms with Crippen LogP contribution < -0.4 is 10.6 Å². The average molecular weight is 348 g/mol. The number of rotatable bonds is 5. The Hall–Kier alpha value is -2.28. The summed E-state index contributed by atoms with van der Waals surface area (Å²) in [6.07, 6.45) is 6.27. The van der Waals surface area contributed by atoms with Crippen LogP contribution in [0.2, 0.25) is 0 Å². The molecule has 138 valence electrons. The standard InChI is InChI=1S/C21H23N.C4H10/c1-5-6-7-18-9-11-19(12-10-18)22-17(4)16(3)20-14-15(2)8-13-21(20)22;1-3-4-2/h8-14H,3-7H2,1-2H3;3-4H2,1-2H3. The Bertz CT molecular complexity index is 927. The molecule has 26 heavy (non-hydrogen) atoms. The highest BCUT2D eigenvalue weighted by Gasteiger charge is 2.07. The van der Waals surface area contributed by atoms with E-state index in [1.165, 1.54) is 47.7 Å². The van der Waals surface area contributed by atoms with Crippen LogP contribution in [0.15, 0.2) is 42.5 Å². The zero-order chi connectivity index (χ0) is 19.1. The van der Waals surface area contributed by atoms with E-state index in [0.717, 1.165) is 22.7 Å². The molecule has 0 radical (unpaired) electrons. The molecule has 0 bridgehead atoms. The summed E-state index contributed by atoms with van der Waals surface area (Å²) in [5.74, 6) is 0. The first-order valence-corrected chi connectivity index (χ1v) is 9.91. The smallest absolute Gasteiger partial charge is 0.0540 e. The summed E-state index contributed by atoms with van der Waals surface area (Å²) >= 11 is 0. The van der Waals surface area contributed by atoms with Gasteiger partial charge in [0.25, 0.3) is 0 Å². The number of hydrogen-bond donors (Lipinski definition) is 0. The molecular weight excluding hydrogens is 314 g/mol. The summed E-state index contributed by atoms with van der Waals surface area (Å²) in [5.41, 5.74) is 5.00. The van der Waals surface area contributed by atoms with Crippen LogP contribution in [0, 0.1) is 6.92 Å². The number of aryl methyl sites for hydroxylation is 2. The van der Waals surface area contributed by atoms with Crippen LogP contribution in [0.1, 0.15) is 57.6 Å². The lowest BCUT2D eigenvalue weighted by atomic mass is 10.1. The van der Waals surface area contributed by atoms with Crippen molar-refractivity contribution in [1.29, 1.82) is 0 Å². The van der Waals surface area contributed by atoms with Crippen LogP contribution in [0.5, 0.6) is 0 Å². The Morgan fingerprint density at radius 2 is 1.50 bits per heavy atom. The largest absolute Gasteiger partial charge is 0.310 e. The van der Waals surface area contributed by atoms with Crippen molar-refractivity contribution in [2.24, 2.45) is 0 Å². The highest BCUT2D eigenvalue weighted by atomic mass is 15.0. The summed E-state index contributed by atoms with van der Waals surface area (Å²) in [5, 5.41) is 3.19. The van der Waals surface area contributed by atoms with Crippen LogP contribution in [-0.2, 0) is 6.42 Å². The first-order chi connectivity index (χ1) is 12.5. The minimum absolute atomic E-state index is 0.974. The molecule has 0 unspecified atom stereocenters. The van der Waals surface area contributed by atoms with Gasteiger partial charge in [0.15, 0.2) is 0 Å². The molecule has 3 rings (SSSR count). The quantitative estimate of drug-likeness (QED) is 0.541. The Kier molecular flexibility index (Phi) is 7.26. The van der Waals surface area contributed by atoms with E-state index < -0.39 is 0 Å². The number of benzene rings is 2. The number of aromatic nitrogens is 1. The second-order valence-corrected chi connectivity index (χ2v) is 7.05. The van der Waals surface area contributed by atoms with Crippen molar-refractivity contribution >= 4 is 24.1 Å². The van der Waals surface area contributed by atoms with Crippen molar-refractivity contribution in [2.75, 3.05) is 0 Å². The van der Waals surface area contributed by atoms with E-state index in [0.29, 0.717) is 0 Å². The van der Waals surface area contributed by atoms with Crippen LogP contribution in [0.4, 0.5) is 0 Å². The van der Waals surface area contributed by atoms with Crippen molar-refractivity contribution in [1.82, 2.24) is 4.57 Å². The molecule has 0 saturated carbocycles. The molecule has 1 nitrogen and oxygen atoms in total. The lowest BCUT2D eigenvalue weighted by Gasteiger charge is -2.08. The molecule has 0 N–H and O–H groups in total. The maximum atomic E-state index is 4.24. The second kappa shape index (κ2) is 9.43. The molecular formula is C25H33N. The third-order valence-corrected chi connectivity index (χ3v) is 4.85. The van der Waals surface area contributed by atoms with Gasteiger partial charge in [0, 0.05) is 21.6 Å². The molecule has 0 aliphatic heterocycles. The number of fused-ring (bicyclic) bond motifs is 1. The predicted molar refractivity (Wildman–Crippen MR) is 118 cm³/mol. The molecule has 2 aromatic carbocycles. The number of hydrogen-bond acceptors (Lipinski definition) is 0. The van der Waals surface area contributed by atoms with Gasteiger partial charge < -0.3 is 4.57 Å². The second-order valence-electron chi connectivity index (χ2n) is 7.05. The van der Waals surface area contributed by atoms with Crippen molar-refractivity contribution < 1.29 is 0 Å². The minimum atomic E-state index is 0.974. The molecule has 0 amide bonds. The topological polar surface area (TPSA) is 4.93 Å². The molecule has 1 aromatic heterocycles. The van der Waals surface area contributed by atoms with E-state index in [1.807, 2.05) is 0 Å². The van der Waals surface area contributed by atoms with Gasteiger partial charge in [0.05, 0.1) is 5.52 Å². The Morgan fingerprint density at radius 3 is 2.08 bits per heavy atom. The highest BCUT2D eigenvalue weighted by molar-refractivity contribution is 5.83. The first-order valence-electron chi connectivity index (χ1n) is 9.91. The van der Waals surface area contributed by atoms with E-state index in [1.54, 1.807) is 0 Å².